The van der Waals surface area contributed by atoms with Crippen LogP contribution >= 0.6 is 23.4 Å². The predicted molar refractivity (Wildman–Crippen MR) is 130 cm³/mol. The molecule has 6 nitrogen and oxygen atoms in total. The predicted octanol–water partition coefficient (Wildman–Crippen LogP) is 4.11. The Hall–Kier alpha value is -2.35. The van der Waals surface area contributed by atoms with Gasteiger partial charge in [-0.15, -0.1) is 0 Å². The van der Waals surface area contributed by atoms with Crippen LogP contribution in [0.4, 0.5) is 0 Å². The van der Waals surface area contributed by atoms with E-state index in [-0.39, 0.29) is 29.3 Å². The quantitative estimate of drug-likeness (QED) is 0.415. The minimum absolute atomic E-state index is 0.0442. The average Bonchev–Trinajstić information content (AvgIpc) is 3.19. The van der Waals surface area contributed by atoms with E-state index in [2.05, 4.69) is 27.3 Å². The Morgan fingerprint density at radius 1 is 1.25 bits per heavy atom. The molecule has 2 aromatic carbocycles. The van der Waals surface area contributed by atoms with Gasteiger partial charge in [0.1, 0.15) is 0 Å². The molecule has 1 amide bonds. The first-order valence-corrected chi connectivity index (χ1v) is 12.2. The van der Waals surface area contributed by atoms with E-state index in [1.54, 1.807) is 22.8 Å². The van der Waals surface area contributed by atoms with Crippen molar-refractivity contribution in [2.24, 2.45) is 0 Å². The summed E-state index contributed by atoms with van der Waals surface area (Å²) in [7, 11) is 0. The lowest BCUT2D eigenvalue weighted by molar-refractivity contribution is -0.119. The maximum Gasteiger partial charge on any atom is 0.262 e. The monoisotopic (exact) mass is 470 g/mol. The van der Waals surface area contributed by atoms with Crippen molar-refractivity contribution < 1.29 is 4.79 Å². The molecule has 1 fully saturated rings. The normalized spacial score (nSPS) is 16.7. The number of nitrogens with one attached hydrogen (secondary N) is 1. The summed E-state index contributed by atoms with van der Waals surface area (Å²) >= 11 is 7.38. The largest absolute Gasteiger partial charge is 0.351 e. The summed E-state index contributed by atoms with van der Waals surface area (Å²) in [6.07, 6.45) is 0.937. The summed E-state index contributed by atoms with van der Waals surface area (Å²) in [6, 6.07) is 15.5. The molecule has 0 unspecified atom stereocenters. The van der Waals surface area contributed by atoms with Gasteiger partial charge >= 0.3 is 0 Å². The van der Waals surface area contributed by atoms with Crippen molar-refractivity contribution in [1.82, 2.24) is 19.8 Å². The number of thioether (sulfide) groups is 1. The van der Waals surface area contributed by atoms with Gasteiger partial charge in [-0.2, -0.15) is 0 Å². The van der Waals surface area contributed by atoms with Crippen LogP contribution in [0.3, 0.4) is 0 Å². The van der Waals surface area contributed by atoms with Gasteiger partial charge in [0.2, 0.25) is 5.91 Å². The highest BCUT2D eigenvalue weighted by atomic mass is 35.5. The highest BCUT2D eigenvalue weighted by Crippen LogP contribution is 2.23. The molecule has 1 N–H and O–H groups in total. The first-order chi connectivity index (χ1) is 15.4. The number of hydrogen-bond donors (Lipinski definition) is 1. The van der Waals surface area contributed by atoms with E-state index in [1.807, 2.05) is 32.0 Å². The molecule has 2 heterocycles. The van der Waals surface area contributed by atoms with E-state index in [4.69, 9.17) is 11.6 Å². The number of aromatic nitrogens is 2. The molecule has 0 bridgehead atoms. The van der Waals surface area contributed by atoms with Crippen molar-refractivity contribution in [2.75, 3.05) is 18.8 Å². The van der Waals surface area contributed by atoms with Crippen LogP contribution in [0.5, 0.6) is 0 Å². The summed E-state index contributed by atoms with van der Waals surface area (Å²) in [4.78, 5) is 32.6. The minimum atomic E-state index is -0.114. The zero-order valence-corrected chi connectivity index (χ0v) is 19.8. The molecular weight excluding hydrogens is 444 g/mol. The molecule has 1 aliphatic heterocycles. The van der Waals surface area contributed by atoms with Gasteiger partial charge in [-0.25, -0.2) is 4.98 Å². The lowest BCUT2D eigenvalue weighted by atomic mass is 10.2. The van der Waals surface area contributed by atoms with Crippen molar-refractivity contribution in [3.05, 3.63) is 69.5 Å². The summed E-state index contributed by atoms with van der Waals surface area (Å²) in [5.74, 6) is 0.165. The fourth-order valence-electron chi connectivity index (χ4n) is 4.04. The van der Waals surface area contributed by atoms with E-state index >= 15 is 0 Å². The number of halogens is 1. The topological polar surface area (TPSA) is 67.2 Å². The van der Waals surface area contributed by atoms with Crippen LogP contribution in [-0.4, -0.2) is 45.2 Å². The molecule has 3 aromatic rings. The maximum absolute atomic E-state index is 13.0. The third-order valence-electron chi connectivity index (χ3n) is 5.57. The number of benzene rings is 2. The number of nitrogens with zero attached hydrogens (tertiary/aromatic N) is 3. The van der Waals surface area contributed by atoms with E-state index < -0.39 is 0 Å². The molecule has 4 rings (SSSR count). The fourth-order valence-corrected chi connectivity index (χ4v) is 5.15. The van der Waals surface area contributed by atoms with Crippen LogP contribution in [0.1, 0.15) is 31.9 Å². The number of carbonyl (C=O) groups excluding carboxylic acids is 1. The van der Waals surface area contributed by atoms with Crippen LogP contribution in [0.15, 0.2) is 58.5 Å². The molecular formula is C24H27ClN4O2S. The lowest BCUT2D eigenvalue weighted by Gasteiger charge is -2.18. The number of hydrogen-bond acceptors (Lipinski definition) is 5. The Labute approximate surface area is 197 Å². The minimum Gasteiger partial charge on any atom is -0.351 e. The molecule has 0 spiro atoms. The number of likely N-dealkylation sites (tertiary alicyclic amines) is 1. The van der Waals surface area contributed by atoms with Crippen molar-refractivity contribution in [3.8, 4) is 0 Å². The molecule has 168 valence electrons. The van der Waals surface area contributed by atoms with Crippen LogP contribution in [-0.2, 0) is 11.3 Å². The third kappa shape index (κ3) is 5.34. The van der Waals surface area contributed by atoms with Crippen LogP contribution in [0, 0.1) is 0 Å². The summed E-state index contributed by atoms with van der Waals surface area (Å²) in [5, 5.41) is 4.73. The highest BCUT2D eigenvalue weighted by Gasteiger charge is 2.24. The van der Waals surface area contributed by atoms with Gasteiger partial charge in [0.15, 0.2) is 5.16 Å². The first kappa shape index (κ1) is 22.8. The van der Waals surface area contributed by atoms with Gasteiger partial charge in [0.05, 0.1) is 16.7 Å². The Bertz CT molecular complexity index is 1170. The Morgan fingerprint density at radius 3 is 2.78 bits per heavy atom. The maximum atomic E-state index is 13.0. The number of rotatable bonds is 7. The van der Waals surface area contributed by atoms with E-state index in [0.717, 1.165) is 26.1 Å². The summed E-state index contributed by atoms with van der Waals surface area (Å²) < 4.78 is 1.64. The van der Waals surface area contributed by atoms with Gasteiger partial charge in [0, 0.05) is 36.7 Å². The third-order valence-corrected chi connectivity index (χ3v) is 6.75. The molecule has 0 aliphatic carbocycles. The van der Waals surface area contributed by atoms with Gasteiger partial charge < -0.3 is 5.32 Å². The van der Waals surface area contributed by atoms with Crippen molar-refractivity contribution in [2.45, 2.75) is 44.1 Å². The zero-order valence-electron chi connectivity index (χ0n) is 18.3. The van der Waals surface area contributed by atoms with Crippen LogP contribution < -0.4 is 10.9 Å². The van der Waals surface area contributed by atoms with Crippen LogP contribution in [0.2, 0.25) is 5.02 Å². The smallest absolute Gasteiger partial charge is 0.262 e. The number of carbonyl (C=O) groups is 1. The first-order valence-electron chi connectivity index (χ1n) is 10.8. The molecule has 1 saturated heterocycles. The molecule has 0 saturated carbocycles. The van der Waals surface area contributed by atoms with Crippen molar-refractivity contribution in [3.63, 3.8) is 0 Å². The molecule has 1 atom stereocenters. The fraction of sp³-hybridized carbons (Fsp3) is 0.375. The van der Waals surface area contributed by atoms with Crippen molar-refractivity contribution in [1.29, 1.82) is 0 Å². The van der Waals surface area contributed by atoms with Gasteiger partial charge in [-0.3, -0.25) is 19.1 Å². The zero-order chi connectivity index (χ0) is 22.7. The number of fused-ring (bicyclic) bond motifs is 1. The summed E-state index contributed by atoms with van der Waals surface area (Å²) in [5.41, 5.74) is 1.72. The van der Waals surface area contributed by atoms with Crippen molar-refractivity contribution >= 4 is 40.2 Å². The second-order valence-corrected chi connectivity index (χ2v) is 9.77. The summed E-state index contributed by atoms with van der Waals surface area (Å²) in [6.45, 7) is 6.58. The van der Waals surface area contributed by atoms with Crippen LogP contribution in [0.25, 0.3) is 10.9 Å². The van der Waals surface area contributed by atoms with Gasteiger partial charge in [-0.05, 0) is 44.0 Å². The second kappa shape index (κ2) is 10.1. The SMILES string of the molecule is CC(C)n1c(SCC(=O)N[C@@H]2CCN(Cc3ccccc3)C2)nc2cc(Cl)ccc2c1=O. The Kier molecular flexibility index (Phi) is 7.18. The number of amides is 1. The molecule has 0 radical (unpaired) electrons. The van der Waals surface area contributed by atoms with E-state index in [0.29, 0.717) is 21.1 Å². The highest BCUT2D eigenvalue weighted by molar-refractivity contribution is 7.99. The van der Waals surface area contributed by atoms with Gasteiger partial charge in [-0.1, -0.05) is 53.7 Å². The molecule has 32 heavy (non-hydrogen) atoms. The Balaban J connectivity index is 1.39. The Morgan fingerprint density at radius 2 is 2.03 bits per heavy atom. The standard InChI is InChI=1S/C24H27ClN4O2S/c1-16(2)29-23(31)20-9-8-18(25)12-21(20)27-24(29)32-15-22(30)26-19-10-11-28(14-19)13-17-6-4-3-5-7-17/h3-9,12,16,19H,10-11,13-15H2,1-2H3,(H,26,30)/t19-/m1/s1. The van der Waals surface area contributed by atoms with Gasteiger partial charge in [0.25, 0.3) is 5.56 Å². The average molecular weight is 471 g/mol. The lowest BCUT2D eigenvalue weighted by Crippen LogP contribution is -2.38. The van der Waals surface area contributed by atoms with E-state index in [9.17, 15) is 9.59 Å². The molecule has 1 aromatic heterocycles. The second-order valence-electron chi connectivity index (χ2n) is 8.39. The van der Waals surface area contributed by atoms with E-state index in [1.165, 1.54) is 17.3 Å². The molecule has 8 heteroatoms. The molecule has 1 aliphatic rings.